The van der Waals surface area contributed by atoms with Gasteiger partial charge in [0.1, 0.15) is 11.8 Å². The Labute approximate surface area is 160 Å². The molecule has 0 aliphatic carbocycles. The van der Waals surface area contributed by atoms with Crippen molar-refractivity contribution >= 4 is 17.5 Å². The number of nitrogens with one attached hydrogen (secondary N) is 1. The largest absolute Gasteiger partial charge is 0.494 e. The third-order valence-corrected chi connectivity index (χ3v) is 4.86. The third-order valence-electron chi connectivity index (χ3n) is 4.86. The second kappa shape index (κ2) is 8.71. The molecule has 2 aromatic rings. The molecular weight excluding hydrogens is 340 g/mol. The lowest BCUT2D eigenvalue weighted by Gasteiger charge is -2.24. The molecule has 0 saturated carbocycles. The van der Waals surface area contributed by atoms with Crippen molar-refractivity contribution in [1.29, 1.82) is 0 Å². The average molecular weight is 366 g/mol. The zero-order valence-electron chi connectivity index (χ0n) is 15.9. The Morgan fingerprint density at radius 2 is 1.78 bits per heavy atom. The number of rotatable bonds is 6. The minimum atomic E-state index is -0.435. The van der Waals surface area contributed by atoms with Crippen LogP contribution in [0.25, 0.3) is 0 Å². The van der Waals surface area contributed by atoms with Crippen molar-refractivity contribution in [2.75, 3.05) is 18.5 Å². The molecule has 1 heterocycles. The molecule has 1 unspecified atom stereocenters. The van der Waals surface area contributed by atoms with Gasteiger partial charge in [-0.1, -0.05) is 19.1 Å². The number of hydrogen-bond acceptors (Lipinski definition) is 3. The van der Waals surface area contributed by atoms with Crippen LogP contribution in [0.2, 0.25) is 0 Å². The Kier molecular flexibility index (Phi) is 6.12. The van der Waals surface area contributed by atoms with Crippen LogP contribution in [0, 0.1) is 0 Å². The van der Waals surface area contributed by atoms with E-state index in [0.717, 1.165) is 18.6 Å². The molecule has 0 spiro atoms. The van der Waals surface area contributed by atoms with E-state index in [0.29, 0.717) is 30.8 Å². The molecule has 1 saturated heterocycles. The van der Waals surface area contributed by atoms with Crippen LogP contribution in [-0.2, 0) is 11.2 Å². The Bertz CT molecular complexity index is 784. The van der Waals surface area contributed by atoms with E-state index in [1.54, 1.807) is 4.90 Å². The van der Waals surface area contributed by atoms with Gasteiger partial charge in [-0.15, -0.1) is 0 Å². The van der Waals surface area contributed by atoms with Crippen LogP contribution in [-0.4, -0.2) is 35.9 Å². The molecule has 27 heavy (non-hydrogen) atoms. The van der Waals surface area contributed by atoms with Crippen molar-refractivity contribution in [3.8, 4) is 5.75 Å². The van der Waals surface area contributed by atoms with Crippen LogP contribution in [0.4, 0.5) is 5.69 Å². The molecule has 1 aliphatic heterocycles. The van der Waals surface area contributed by atoms with Crippen LogP contribution < -0.4 is 10.1 Å². The highest BCUT2D eigenvalue weighted by atomic mass is 16.5. The summed E-state index contributed by atoms with van der Waals surface area (Å²) in [7, 11) is 0. The normalized spacial score (nSPS) is 16.2. The van der Waals surface area contributed by atoms with Gasteiger partial charge in [0.25, 0.3) is 5.91 Å². The maximum Gasteiger partial charge on any atom is 0.254 e. The number of benzene rings is 2. The van der Waals surface area contributed by atoms with Crippen LogP contribution >= 0.6 is 0 Å². The number of amides is 2. The molecule has 2 amide bonds. The maximum absolute atomic E-state index is 12.9. The third kappa shape index (κ3) is 4.48. The van der Waals surface area contributed by atoms with E-state index in [1.807, 2.05) is 55.5 Å². The molecule has 2 aromatic carbocycles. The van der Waals surface area contributed by atoms with Crippen molar-refractivity contribution < 1.29 is 14.3 Å². The van der Waals surface area contributed by atoms with Crippen molar-refractivity contribution in [3.05, 3.63) is 59.7 Å². The van der Waals surface area contributed by atoms with E-state index in [2.05, 4.69) is 12.2 Å². The van der Waals surface area contributed by atoms with Gasteiger partial charge in [0.05, 0.1) is 6.61 Å². The Morgan fingerprint density at radius 1 is 1.07 bits per heavy atom. The fourth-order valence-electron chi connectivity index (χ4n) is 3.36. The summed E-state index contributed by atoms with van der Waals surface area (Å²) in [6.07, 6.45) is 2.45. The minimum absolute atomic E-state index is 0.0815. The first-order valence-electron chi connectivity index (χ1n) is 9.56. The van der Waals surface area contributed by atoms with E-state index < -0.39 is 6.04 Å². The monoisotopic (exact) mass is 366 g/mol. The molecule has 3 rings (SSSR count). The first kappa shape index (κ1) is 19.0. The molecule has 5 nitrogen and oxygen atoms in total. The van der Waals surface area contributed by atoms with Crippen molar-refractivity contribution in [1.82, 2.24) is 4.90 Å². The number of hydrogen-bond donors (Lipinski definition) is 1. The Morgan fingerprint density at radius 3 is 2.41 bits per heavy atom. The number of ether oxygens (including phenoxy) is 1. The fraction of sp³-hybridized carbons (Fsp3) is 0.364. The molecule has 142 valence electrons. The second-order valence-corrected chi connectivity index (χ2v) is 6.65. The maximum atomic E-state index is 12.9. The molecule has 1 N–H and O–H groups in total. The van der Waals surface area contributed by atoms with E-state index >= 15 is 0 Å². The summed E-state index contributed by atoms with van der Waals surface area (Å²) in [5, 5.41) is 2.92. The predicted octanol–water partition coefficient (Wildman–Crippen LogP) is 3.89. The van der Waals surface area contributed by atoms with Crippen LogP contribution in [0.1, 0.15) is 42.6 Å². The SMILES string of the molecule is CCOc1ccc(NC(=O)C2CCCN2C(=O)c2ccc(CC)cc2)cc1. The minimum Gasteiger partial charge on any atom is -0.494 e. The summed E-state index contributed by atoms with van der Waals surface area (Å²) < 4.78 is 5.41. The van der Waals surface area contributed by atoms with Crippen molar-refractivity contribution in [3.63, 3.8) is 0 Å². The molecular formula is C22H26N2O3. The summed E-state index contributed by atoms with van der Waals surface area (Å²) in [5.41, 5.74) is 2.53. The van der Waals surface area contributed by atoms with Gasteiger partial charge in [0.15, 0.2) is 0 Å². The highest BCUT2D eigenvalue weighted by molar-refractivity contribution is 6.01. The van der Waals surface area contributed by atoms with E-state index in [4.69, 9.17) is 4.74 Å². The lowest BCUT2D eigenvalue weighted by atomic mass is 10.1. The quantitative estimate of drug-likeness (QED) is 0.844. The second-order valence-electron chi connectivity index (χ2n) is 6.65. The summed E-state index contributed by atoms with van der Waals surface area (Å²) in [6, 6.07) is 14.5. The van der Waals surface area contributed by atoms with E-state index in [1.165, 1.54) is 5.56 Å². The lowest BCUT2D eigenvalue weighted by Crippen LogP contribution is -2.43. The van der Waals surface area contributed by atoms with Crippen LogP contribution in [0.5, 0.6) is 5.75 Å². The Balaban J connectivity index is 1.67. The molecule has 1 atom stereocenters. The Hall–Kier alpha value is -2.82. The first-order valence-corrected chi connectivity index (χ1v) is 9.56. The van der Waals surface area contributed by atoms with Gasteiger partial charge in [-0.25, -0.2) is 0 Å². The predicted molar refractivity (Wildman–Crippen MR) is 106 cm³/mol. The smallest absolute Gasteiger partial charge is 0.254 e. The number of nitrogens with zero attached hydrogens (tertiary/aromatic N) is 1. The van der Waals surface area contributed by atoms with Crippen molar-refractivity contribution in [2.24, 2.45) is 0 Å². The van der Waals surface area contributed by atoms with Crippen LogP contribution in [0.15, 0.2) is 48.5 Å². The van der Waals surface area contributed by atoms with Gasteiger partial charge >= 0.3 is 0 Å². The topological polar surface area (TPSA) is 58.6 Å². The molecule has 0 bridgehead atoms. The number of anilines is 1. The zero-order chi connectivity index (χ0) is 19.2. The molecule has 0 radical (unpaired) electrons. The van der Waals surface area contributed by atoms with Gasteiger partial charge < -0.3 is 15.0 Å². The van der Waals surface area contributed by atoms with Gasteiger partial charge in [-0.3, -0.25) is 9.59 Å². The molecule has 1 fully saturated rings. The van der Waals surface area contributed by atoms with E-state index in [-0.39, 0.29) is 11.8 Å². The number of carbonyl (C=O) groups is 2. The highest BCUT2D eigenvalue weighted by Crippen LogP contribution is 2.23. The van der Waals surface area contributed by atoms with Gasteiger partial charge in [-0.2, -0.15) is 0 Å². The highest BCUT2D eigenvalue weighted by Gasteiger charge is 2.34. The van der Waals surface area contributed by atoms with Gasteiger partial charge in [0.2, 0.25) is 5.91 Å². The molecule has 5 heteroatoms. The summed E-state index contributed by atoms with van der Waals surface area (Å²) in [5.74, 6) is 0.542. The van der Waals surface area contributed by atoms with Gasteiger partial charge in [0, 0.05) is 17.8 Å². The first-order chi connectivity index (χ1) is 13.1. The molecule has 0 aromatic heterocycles. The number of aryl methyl sites for hydroxylation is 1. The summed E-state index contributed by atoms with van der Waals surface area (Å²) in [4.78, 5) is 27.3. The zero-order valence-corrected chi connectivity index (χ0v) is 15.9. The summed E-state index contributed by atoms with van der Waals surface area (Å²) in [6.45, 7) is 5.22. The molecule has 1 aliphatic rings. The lowest BCUT2D eigenvalue weighted by molar-refractivity contribution is -0.119. The van der Waals surface area contributed by atoms with Crippen LogP contribution in [0.3, 0.4) is 0 Å². The fourth-order valence-corrected chi connectivity index (χ4v) is 3.36. The van der Waals surface area contributed by atoms with Gasteiger partial charge in [-0.05, 0) is 68.1 Å². The standard InChI is InChI=1S/C22H26N2O3/c1-3-16-7-9-17(10-8-16)22(26)24-15-5-6-20(24)21(25)23-18-11-13-19(14-12-18)27-4-2/h7-14,20H,3-6,15H2,1-2H3,(H,23,25). The number of likely N-dealkylation sites (tertiary alicyclic amines) is 1. The number of carbonyl (C=O) groups excluding carboxylic acids is 2. The average Bonchev–Trinajstić information content (AvgIpc) is 3.19. The summed E-state index contributed by atoms with van der Waals surface area (Å²) >= 11 is 0. The van der Waals surface area contributed by atoms with Crippen molar-refractivity contribution in [2.45, 2.75) is 39.2 Å². The van der Waals surface area contributed by atoms with E-state index in [9.17, 15) is 9.59 Å².